The summed E-state index contributed by atoms with van der Waals surface area (Å²) >= 11 is 0. The third kappa shape index (κ3) is 25.8. The summed E-state index contributed by atoms with van der Waals surface area (Å²) in [5.41, 5.74) is 5.33. The van der Waals surface area contributed by atoms with Crippen LogP contribution in [0.4, 0.5) is 0 Å². The molecule has 0 aliphatic heterocycles. The first-order chi connectivity index (χ1) is 26.0. The minimum atomic E-state index is -4.47. The van der Waals surface area contributed by atoms with Gasteiger partial charge in [0.1, 0.15) is 6.61 Å². The lowest BCUT2D eigenvalue weighted by atomic mass is 9.89. The maximum absolute atomic E-state index is 12.7. The lowest BCUT2D eigenvalue weighted by Crippen LogP contribution is -2.29. The van der Waals surface area contributed by atoms with E-state index in [1.54, 1.807) is 24.3 Å². The van der Waals surface area contributed by atoms with Gasteiger partial charge in [0.15, 0.2) is 6.10 Å². The van der Waals surface area contributed by atoms with E-state index in [1.807, 2.05) is 0 Å². The summed E-state index contributed by atoms with van der Waals surface area (Å²) in [4.78, 5) is 35.0. The number of hydrogen-bond acceptors (Lipinski definition) is 11. The molecule has 13 heteroatoms. The fourth-order valence-electron chi connectivity index (χ4n) is 6.17. The van der Waals surface area contributed by atoms with Crippen LogP contribution in [-0.2, 0) is 32.7 Å². The van der Waals surface area contributed by atoms with Gasteiger partial charge in [0, 0.05) is 25.3 Å². The number of phosphoric acid groups is 1. The first-order valence-electron chi connectivity index (χ1n) is 20.4. The Morgan fingerprint density at radius 2 is 1.48 bits per heavy atom. The minimum absolute atomic E-state index is 0.000669. The molecule has 1 aliphatic carbocycles. The zero-order chi connectivity index (χ0) is 39.9. The average molecular weight is 786 g/mol. The Labute approximate surface area is 324 Å². The van der Waals surface area contributed by atoms with Crippen molar-refractivity contribution in [3.8, 4) is 0 Å². The molecule has 12 nitrogen and oxygen atoms in total. The van der Waals surface area contributed by atoms with Gasteiger partial charge in [-0.2, -0.15) is 0 Å². The molecule has 1 rings (SSSR count). The van der Waals surface area contributed by atoms with Crippen LogP contribution < -0.4 is 5.73 Å². The second-order valence-corrected chi connectivity index (χ2v) is 15.6. The molecule has 0 heterocycles. The van der Waals surface area contributed by atoms with E-state index in [9.17, 15) is 34.4 Å². The van der Waals surface area contributed by atoms with Crippen LogP contribution in [-0.4, -0.2) is 82.9 Å². The molecule has 312 valence electrons. The summed E-state index contributed by atoms with van der Waals surface area (Å²) in [6.07, 6.45) is 28.4. The topological polar surface area (TPSA) is 195 Å². The Morgan fingerprint density at radius 1 is 0.815 bits per heavy atom. The Kier molecular flexibility index (Phi) is 29.5. The Morgan fingerprint density at radius 3 is 2.19 bits per heavy atom. The van der Waals surface area contributed by atoms with Crippen molar-refractivity contribution in [3.63, 3.8) is 0 Å². The smallest absolute Gasteiger partial charge is 0.462 e. The monoisotopic (exact) mass is 785 g/mol. The normalized spacial score (nSPS) is 21.4. The minimum Gasteiger partial charge on any atom is -0.462 e. The molecule has 0 saturated heterocycles. The van der Waals surface area contributed by atoms with Gasteiger partial charge in [-0.25, -0.2) is 4.57 Å². The summed E-state index contributed by atoms with van der Waals surface area (Å²) in [5, 5.41) is 31.3. The fourth-order valence-corrected chi connectivity index (χ4v) is 6.93. The Hall–Kier alpha value is -2.15. The quantitative estimate of drug-likeness (QED) is 0.0190. The molecule has 1 fully saturated rings. The predicted molar refractivity (Wildman–Crippen MR) is 212 cm³/mol. The third-order valence-electron chi connectivity index (χ3n) is 9.29. The number of aliphatic hydroxyl groups excluding tert-OH is 3. The molecule has 0 aromatic rings. The Balaban J connectivity index is 2.51. The highest BCUT2D eigenvalue weighted by molar-refractivity contribution is 7.47. The number of esters is 2. The number of carbonyl (C=O) groups excluding carboxylic acids is 2. The van der Waals surface area contributed by atoms with Crippen molar-refractivity contribution >= 4 is 19.8 Å². The van der Waals surface area contributed by atoms with Gasteiger partial charge >= 0.3 is 19.8 Å². The largest absolute Gasteiger partial charge is 0.472 e. The first kappa shape index (κ1) is 49.9. The Bertz CT molecular complexity index is 1140. The molecule has 0 spiro atoms. The molecule has 7 atom stereocenters. The van der Waals surface area contributed by atoms with Crippen molar-refractivity contribution in [3.05, 3.63) is 48.6 Å². The van der Waals surface area contributed by atoms with Crippen LogP contribution >= 0.6 is 7.82 Å². The molecule has 1 unspecified atom stereocenters. The van der Waals surface area contributed by atoms with E-state index < -0.39 is 50.8 Å². The first-order valence-corrected chi connectivity index (χ1v) is 21.9. The van der Waals surface area contributed by atoms with E-state index in [-0.39, 0.29) is 50.9 Å². The van der Waals surface area contributed by atoms with Crippen LogP contribution in [0.25, 0.3) is 0 Å². The molecule has 54 heavy (non-hydrogen) atoms. The van der Waals surface area contributed by atoms with Gasteiger partial charge < -0.3 is 35.4 Å². The molecule has 0 aromatic carbocycles. The van der Waals surface area contributed by atoms with Crippen molar-refractivity contribution in [2.45, 2.75) is 160 Å². The zero-order valence-corrected chi connectivity index (χ0v) is 33.9. The second kappa shape index (κ2) is 32.0. The second-order valence-electron chi connectivity index (χ2n) is 14.1. The van der Waals surface area contributed by atoms with Crippen LogP contribution in [0.3, 0.4) is 0 Å². The highest BCUT2D eigenvalue weighted by atomic mass is 31.2. The van der Waals surface area contributed by atoms with E-state index in [1.165, 1.54) is 19.3 Å². The van der Waals surface area contributed by atoms with Gasteiger partial charge in [-0.05, 0) is 57.3 Å². The van der Waals surface area contributed by atoms with E-state index in [2.05, 4.69) is 38.2 Å². The standard InChI is InChI=1S/C41H72NO11P/c1-3-5-7-8-9-10-11-12-13-14-15-16-17-18-20-25-40(46)50-32-35(33-52-54(48,49)51-30-29-42)53-41(47)26-22-21-24-36-37(39(45)31-38(36)44)28-27-34(43)23-19-6-4-2/h9-10,12-13,21-22,27-28,34-39,43-45H,3-8,11,14-20,23-26,29-33,42H2,1-2H3,(H,48,49)/b10-9-,13-12-,22-21-,28-27+/t34-,35-,36+,37-,38+,39-/m1/s1. The van der Waals surface area contributed by atoms with Gasteiger partial charge in [0.25, 0.3) is 0 Å². The molecule has 0 aromatic heterocycles. The number of rotatable bonds is 33. The number of carbonyl (C=O) groups is 2. The summed E-state index contributed by atoms with van der Waals surface area (Å²) in [6.45, 7) is 3.18. The van der Waals surface area contributed by atoms with Crippen molar-refractivity contribution in [2.75, 3.05) is 26.4 Å². The average Bonchev–Trinajstić information content (AvgIpc) is 3.41. The van der Waals surface area contributed by atoms with E-state index >= 15 is 0 Å². The number of allylic oxidation sites excluding steroid dienone is 5. The lowest BCUT2D eigenvalue weighted by Gasteiger charge is -2.20. The van der Waals surface area contributed by atoms with Crippen LogP contribution in [0.2, 0.25) is 0 Å². The van der Waals surface area contributed by atoms with Crippen LogP contribution in [0.5, 0.6) is 0 Å². The summed E-state index contributed by atoms with van der Waals surface area (Å²) in [5.74, 6) is -1.78. The molecule has 1 saturated carbocycles. The number of hydrogen-bond donors (Lipinski definition) is 5. The van der Waals surface area contributed by atoms with E-state index in [4.69, 9.17) is 24.3 Å². The number of aliphatic hydroxyl groups is 3. The summed E-state index contributed by atoms with van der Waals surface area (Å²) in [6, 6.07) is 0. The molecule has 0 amide bonds. The SMILES string of the molecule is CCCCC/C=C\C/C=C\CCCCCCCC(=O)OC[C@H](COP(=O)(O)OCCN)OC(=O)C/C=C\C[C@H]1[C@@H](/C=C/[C@H](O)CCCCC)[C@H](O)C[C@@H]1O. The lowest BCUT2D eigenvalue weighted by molar-refractivity contribution is -0.160. The van der Waals surface area contributed by atoms with Crippen LogP contribution in [0.1, 0.15) is 136 Å². The number of unbranched alkanes of at least 4 members (excludes halogenated alkanes) is 10. The molecular formula is C41H72NO11P. The summed E-state index contributed by atoms with van der Waals surface area (Å²) in [7, 11) is -4.47. The fraction of sp³-hybridized carbons (Fsp3) is 0.756. The van der Waals surface area contributed by atoms with E-state index in [0.717, 1.165) is 64.2 Å². The third-order valence-corrected chi connectivity index (χ3v) is 10.3. The number of phosphoric ester groups is 1. The van der Waals surface area contributed by atoms with E-state index in [0.29, 0.717) is 19.3 Å². The molecular weight excluding hydrogens is 713 g/mol. The molecule has 0 bridgehead atoms. The van der Waals surface area contributed by atoms with Crippen molar-refractivity contribution in [1.82, 2.24) is 0 Å². The van der Waals surface area contributed by atoms with Crippen molar-refractivity contribution in [1.29, 1.82) is 0 Å². The van der Waals surface area contributed by atoms with Crippen LogP contribution in [0, 0.1) is 11.8 Å². The van der Waals surface area contributed by atoms with Crippen molar-refractivity contribution in [2.24, 2.45) is 17.6 Å². The van der Waals surface area contributed by atoms with Gasteiger partial charge in [-0.15, -0.1) is 0 Å². The zero-order valence-electron chi connectivity index (χ0n) is 33.0. The highest BCUT2D eigenvalue weighted by Gasteiger charge is 2.39. The maximum atomic E-state index is 12.7. The summed E-state index contributed by atoms with van der Waals surface area (Å²) < 4.78 is 32.6. The van der Waals surface area contributed by atoms with Crippen molar-refractivity contribution < 1.29 is 52.9 Å². The predicted octanol–water partition coefficient (Wildman–Crippen LogP) is 7.54. The number of nitrogens with two attached hydrogens (primary N) is 1. The van der Waals surface area contributed by atoms with Gasteiger partial charge in [-0.1, -0.05) is 114 Å². The highest BCUT2D eigenvalue weighted by Crippen LogP contribution is 2.43. The van der Waals surface area contributed by atoms with Gasteiger partial charge in [0.2, 0.25) is 0 Å². The molecule has 6 N–H and O–H groups in total. The van der Waals surface area contributed by atoms with Crippen LogP contribution in [0.15, 0.2) is 48.6 Å². The number of ether oxygens (including phenoxy) is 2. The maximum Gasteiger partial charge on any atom is 0.472 e. The van der Waals surface area contributed by atoms with Gasteiger partial charge in [0.05, 0.1) is 37.9 Å². The molecule has 0 radical (unpaired) electrons. The molecule has 1 aliphatic rings. The van der Waals surface area contributed by atoms with Gasteiger partial charge in [-0.3, -0.25) is 18.6 Å².